The summed E-state index contributed by atoms with van der Waals surface area (Å²) in [7, 11) is 1.80. The van der Waals surface area contributed by atoms with Gasteiger partial charge < -0.3 is 10.4 Å². The Morgan fingerprint density at radius 3 is 2.85 bits per heavy atom. The van der Waals surface area contributed by atoms with Gasteiger partial charge in [0.25, 0.3) is 0 Å². The lowest BCUT2D eigenvalue weighted by Crippen LogP contribution is -2.20. The number of hydrogen-bond donors (Lipinski definition) is 2. The van der Waals surface area contributed by atoms with Gasteiger partial charge in [0.1, 0.15) is 0 Å². The molecule has 0 aromatic heterocycles. The first-order valence-corrected chi connectivity index (χ1v) is 5.09. The highest BCUT2D eigenvalue weighted by molar-refractivity contribution is 9.10. The summed E-state index contributed by atoms with van der Waals surface area (Å²) in [5, 5.41) is 12.7. The van der Waals surface area contributed by atoms with E-state index in [9.17, 15) is 0 Å². The number of aliphatic hydroxyl groups excluding tert-OH is 1. The Labute approximate surface area is 91.0 Å². The Balaban J connectivity index is 3.03. The fraction of sp³-hybridized carbons (Fsp3) is 0.333. The molecular weight excluding hydrogens is 253 g/mol. The van der Waals surface area contributed by atoms with Crippen molar-refractivity contribution in [1.82, 2.24) is 5.32 Å². The number of halogens is 2. The van der Waals surface area contributed by atoms with Crippen molar-refractivity contribution in [1.29, 1.82) is 0 Å². The lowest BCUT2D eigenvalue weighted by molar-refractivity contribution is 0.250. The van der Waals surface area contributed by atoms with E-state index in [1.54, 1.807) is 13.1 Å². The number of hydrogen-bond acceptors (Lipinski definition) is 2. The smallest absolute Gasteiger partial charge is 0.0626 e. The zero-order valence-electron chi connectivity index (χ0n) is 7.22. The average molecular weight is 265 g/mol. The highest BCUT2D eigenvalue weighted by atomic mass is 79.9. The third kappa shape index (κ3) is 2.68. The van der Waals surface area contributed by atoms with E-state index in [1.807, 2.05) is 12.1 Å². The Bertz CT molecular complexity index is 289. The molecule has 4 heteroatoms. The van der Waals surface area contributed by atoms with Gasteiger partial charge in [0.05, 0.1) is 12.6 Å². The minimum absolute atomic E-state index is 0.0510. The van der Waals surface area contributed by atoms with Gasteiger partial charge in [-0.25, -0.2) is 0 Å². The molecular formula is C9H11BrClNO. The Morgan fingerprint density at radius 2 is 2.31 bits per heavy atom. The van der Waals surface area contributed by atoms with Crippen molar-refractivity contribution in [3.05, 3.63) is 33.3 Å². The number of likely N-dealkylation sites (N-methyl/N-ethyl adjacent to an activating group) is 1. The van der Waals surface area contributed by atoms with Gasteiger partial charge >= 0.3 is 0 Å². The third-order valence-corrected chi connectivity index (χ3v) is 2.82. The first-order valence-electron chi connectivity index (χ1n) is 3.92. The Hall–Kier alpha value is -0.0900. The fourth-order valence-electron chi connectivity index (χ4n) is 1.13. The van der Waals surface area contributed by atoms with Crippen LogP contribution >= 0.6 is 27.5 Å². The number of aliphatic hydroxyl groups is 1. The zero-order chi connectivity index (χ0) is 9.84. The minimum atomic E-state index is -0.0759. The summed E-state index contributed by atoms with van der Waals surface area (Å²) in [5.41, 5.74) is 0.970. The molecule has 0 saturated heterocycles. The molecule has 0 fully saturated rings. The molecule has 0 radical (unpaired) electrons. The van der Waals surface area contributed by atoms with Crippen molar-refractivity contribution in [3.63, 3.8) is 0 Å². The van der Waals surface area contributed by atoms with Gasteiger partial charge in [0.15, 0.2) is 0 Å². The van der Waals surface area contributed by atoms with Crippen LogP contribution in [0.5, 0.6) is 0 Å². The van der Waals surface area contributed by atoms with Gasteiger partial charge in [-0.05, 0) is 30.8 Å². The standard InChI is InChI=1S/C9H11BrClNO/c1-12-9(5-13)7-4-6(11)2-3-8(7)10/h2-4,9,12-13H,5H2,1H3/t9-/m0/s1. The summed E-state index contributed by atoms with van der Waals surface area (Å²) in [6.45, 7) is 0.0510. The Morgan fingerprint density at radius 1 is 1.62 bits per heavy atom. The summed E-state index contributed by atoms with van der Waals surface area (Å²) in [6, 6.07) is 5.44. The van der Waals surface area contributed by atoms with Crippen LogP contribution in [0.3, 0.4) is 0 Å². The van der Waals surface area contributed by atoms with Gasteiger partial charge in [-0.1, -0.05) is 27.5 Å². The van der Waals surface area contributed by atoms with Crippen LogP contribution in [0.4, 0.5) is 0 Å². The van der Waals surface area contributed by atoms with E-state index < -0.39 is 0 Å². The molecule has 2 N–H and O–H groups in total. The molecule has 0 spiro atoms. The maximum atomic E-state index is 9.07. The first-order chi connectivity index (χ1) is 6.19. The van der Waals surface area contributed by atoms with Crippen molar-refractivity contribution >= 4 is 27.5 Å². The molecule has 1 atom stereocenters. The van der Waals surface area contributed by atoms with E-state index in [0.717, 1.165) is 10.0 Å². The topological polar surface area (TPSA) is 32.3 Å². The summed E-state index contributed by atoms with van der Waals surface area (Å²) >= 11 is 9.25. The largest absolute Gasteiger partial charge is 0.394 e. The predicted molar refractivity (Wildman–Crippen MR) is 58.0 cm³/mol. The van der Waals surface area contributed by atoms with Crippen LogP contribution in [0.25, 0.3) is 0 Å². The summed E-state index contributed by atoms with van der Waals surface area (Å²) in [6.07, 6.45) is 0. The number of nitrogens with one attached hydrogen (secondary N) is 1. The van der Waals surface area contributed by atoms with Crippen molar-refractivity contribution in [2.45, 2.75) is 6.04 Å². The minimum Gasteiger partial charge on any atom is -0.394 e. The SMILES string of the molecule is CN[C@@H](CO)c1cc(Cl)ccc1Br. The highest BCUT2D eigenvalue weighted by Gasteiger charge is 2.11. The summed E-state index contributed by atoms with van der Waals surface area (Å²) in [5.74, 6) is 0. The van der Waals surface area contributed by atoms with Crippen LogP contribution in [0.2, 0.25) is 5.02 Å². The summed E-state index contributed by atoms with van der Waals surface area (Å²) < 4.78 is 0.949. The maximum absolute atomic E-state index is 9.07. The molecule has 1 aromatic rings. The molecule has 13 heavy (non-hydrogen) atoms. The van der Waals surface area contributed by atoms with Crippen LogP contribution in [0.1, 0.15) is 11.6 Å². The monoisotopic (exact) mass is 263 g/mol. The molecule has 72 valence electrons. The molecule has 0 aliphatic heterocycles. The molecule has 0 unspecified atom stereocenters. The summed E-state index contributed by atoms with van der Waals surface area (Å²) in [4.78, 5) is 0. The lowest BCUT2D eigenvalue weighted by atomic mass is 10.1. The molecule has 0 amide bonds. The van der Waals surface area contributed by atoms with Crippen LogP contribution < -0.4 is 5.32 Å². The van der Waals surface area contributed by atoms with Gasteiger partial charge in [-0.15, -0.1) is 0 Å². The van der Waals surface area contributed by atoms with Crippen LogP contribution in [-0.4, -0.2) is 18.8 Å². The lowest BCUT2D eigenvalue weighted by Gasteiger charge is -2.15. The van der Waals surface area contributed by atoms with Gasteiger partial charge in [0, 0.05) is 9.50 Å². The number of rotatable bonds is 3. The van der Waals surface area contributed by atoms with Crippen LogP contribution in [0, 0.1) is 0 Å². The molecule has 1 rings (SSSR count). The van der Waals surface area contributed by atoms with Gasteiger partial charge in [-0.3, -0.25) is 0 Å². The highest BCUT2D eigenvalue weighted by Crippen LogP contribution is 2.26. The Kier molecular flexibility index (Phi) is 4.19. The fourth-order valence-corrected chi connectivity index (χ4v) is 1.83. The molecule has 0 saturated carbocycles. The van der Waals surface area contributed by atoms with E-state index in [0.29, 0.717) is 5.02 Å². The van der Waals surface area contributed by atoms with Crippen LogP contribution in [0.15, 0.2) is 22.7 Å². The van der Waals surface area contributed by atoms with Crippen molar-refractivity contribution in [3.8, 4) is 0 Å². The number of benzene rings is 1. The second-order valence-corrected chi connectivity index (χ2v) is 3.98. The van der Waals surface area contributed by atoms with Crippen molar-refractivity contribution < 1.29 is 5.11 Å². The van der Waals surface area contributed by atoms with E-state index in [2.05, 4.69) is 21.2 Å². The van der Waals surface area contributed by atoms with E-state index in [1.165, 1.54) is 0 Å². The van der Waals surface area contributed by atoms with E-state index >= 15 is 0 Å². The van der Waals surface area contributed by atoms with Gasteiger partial charge in [0.2, 0.25) is 0 Å². The second kappa shape index (κ2) is 4.96. The van der Waals surface area contributed by atoms with Crippen molar-refractivity contribution in [2.24, 2.45) is 0 Å². The van der Waals surface area contributed by atoms with E-state index in [-0.39, 0.29) is 12.6 Å². The molecule has 0 bridgehead atoms. The molecule has 0 heterocycles. The third-order valence-electron chi connectivity index (χ3n) is 1.86. The van der Waals surface area contributed by atoms with E-state index in [4.69, 9.17) is 16.7 Å². The average Bonchev–Trinajstić information content (AvgIpc) is 2.13. The van der Waals surface area contributed by atoms with Crippen molar-refractivity contribution in [2.75, 3.05) is 13.7 Å². The quantitative estimate of drug-likeness (QED) is 0.878. The zero-order valence-corrected chi connectivity index (χ0v) is 9.56. The second-order valence-electron chi connectivity index (χ2n) is 2.69. The van der Waals surface area contributed by atoms with Crippen LogP contribution in [-0.2, 0) is 0 Å². The maximum Gasteiger partial charge on any atom is 0.0626 e. The molecule has 0 aliphatic rings. The predicted octanol–water partition coefficient (Wildman–Crippen LogP) is 2.36. The molecule has 2 nitrogen and oxygen atoms in total. The van der Waals surface area contributed by atoms with Gasteiger partial charge in [-0.2, -0.15) is 0 Å². The molecule has 0 aliphatic carbocycles. The normalized spacial score (nSPS) is 12.9. The molecule has 1 aromatic carbocycles. The first kappa shape index (κ1) is 11.0.